The van der Waals surface area contributed by atoms with Gasteiger partial charge in [0, 0.05) is 39.6 Å². The lowest BCUT2D eigenvalue weighted by molar-refractivity contribution is -0.153. The first kappa shape index (κ1) is 20.4. The number of nitrogens with zero attached hydrogens (tertiary/aromatic N) is 1. The normalized spacial score (nSPS) is 23.7. The first-order valence-electron chi connectivity index (χ1n) is 8.54. The zero-order chi connectivity index (χ0) is 17.1. The van der Waals surface area contributed by atoms with Gasteiger partial charge in [-0.25, -0.2) is 0 Å². The third-order valence-electron chi connectivity index (χ3n) is 4.39. The van der Waals surface area contributed by atoms with Gasteiger partial charge >= 0.3 is 5.97 Å². The van der Waals surface area contributed by atoms with Gasteiger partial charge in [-0.2, -0.15) is 0 Å². The lowest BCUT2D eigenvalue weighted by Crippen LogP contribution is -2.45. The number of esters is 1. The molecule has 0 bridgehead atoms. The standard InChI is InChI=1S/C17H33NO5/c1-14(6-5-9-21-13-22-11-10-20-4)16-12-18(3)8-7-17(16)23-15(2)19/h14,16-17H,5-13H2,1-4H3. The minimum absolute atomic E-state index is 0.0528. The summed E-state index contributed by atoms with van der Waals surface area (Å²) in [4.78, 5) is 13.6. The smallest absolute Gasteiger partial charge is 0.302 e. The third kappa shape index (κ3) is 8.65. The van der Waals surface area contributed by atoms with Crippen LogP contribution in [-0.2, 0) is 23.7 Å². The van der Waals surface area contributed by atoms with Gasteiger partial charge in [-0.3, -0.25) is 4.79 Å². The fraction of sp³-hybridized carbons (Fsp3) is 0.941. The molecule has 0 aromatic heterocycles. The van der Waals surface area contributed by atoms with E-state index in [4.69, 9.17) is 18.9 Å². The maximum absolute atomic E-state index is 11.3. The largest absolute Gasteiger partial charge is 0.462 e. The number of rotatable bonds is 11. The highest BCUT2D eigenvalue weighted by molar-refractivity contribution is 5.66. The minimum atomic E-state index is -0.173. The molecule has 0 radical (unpaired) electrons. The Kier molecular flexibility index (Phi) is 10.4. The second-order valence-corrected chi connectivity index (χ2v) is 6.41. The van der Waals surface area contributed by atoms with Gasteiger partial charge in [0.25, 0.3) is 0 Å². The predicted octanol–water partition coefficient (Wildman–Crippen LogP) is 1.92. The minimum Gasteiger partial charge on any atom is -0.462 e. The molecule has 0 N–H and O–H groups in total. The van der Waals surface area contributed by atoms with Crippen molar-refractivity contribution in [2.75, 3.05) is 53.9 Å². The van der Waals surface area contributed by atoms with Crippen molar-refractivity contribution in [3.63, 3.8) is 0 Å². The molecule has 6 heteroatoms. The van der Waals surface area contributed by atoms with Crippen LogP contribution in [0, 0.1) is 11.8 Å². The fourth-order valence-corrected chi connectivity index (χ4v) is 3.08. The van der Waals surface area contributed by atoms with Crippen LogP contribution in [0.4, 0.5) is 0 Å². The lowest BCUT2D eigenvalue weighted by atomic mass is 9.82. The van der Waals surface area contributed by atoms with E-state index in [0.717, 1.165) is 32.4 Å². The van der Waals surface area contributed by atoms with E-state index in [1.165, 1.54) is 6.92 Å². The van der Waals surface area contributed by atoms with Gasteiger partial charge in [-0.15, -0.1) is 0 Å². The van der Waals surface area contributed by atoms with Crippen molar-refractivity contribution in [2.24, 2.45) is 11.8 Å². The molecule has 1 heterocycles. The van der Waals surface area contributed by atoms with E-state index >= 15 is 0 Å². The van der Waals surface area contributed by atoms with E-state index in [2.05, 4.69) is 18.9 Å². The molecule has 1 fully saturated rings. The summed E-state index contributed by atoms with van der Waals surface area (Å²) >= 11 is 0. The highest BCUT2D eigenvalue weighted by Crippen LogP contribution is 2.29. The number of hydrogen-bond donors (Lipinski definition) is 0. The van der Waals surface area contributed by atoms with Crippen molar-refractivity contribution in [1.82, 2.24) is 4.90 Å². The molecule has 1 rings (SSSR count). The molecule has 0 spiro atoms. The highest BCUT2D eigenvalue weighted by Gasteiger charge is 2.33. The topological polar surface area (TPSA) is 57.2 Å². The fourth-order valence-electron chi connectivity index (χ4n) is 3.08. The lowest BCUT2D eigenvalue weighted by Gasteiger charge is -2.39. The summed E-state index contributed by atoms with van der Waals surface area (Å²) in [6.07, 6.45) is 3.03. The van der Waals surface area contributed by atoms with Crippen LogP contribution in [0.5, 0.6) is 0 Å². The molecule has 1 aliphatic rings. The second kappa shape index (κ2) is 11.8. The van der Waals surface area contributed by atoms with E-state index in [1.54, 1.807) is 7.11 Å². The molecule has 23 heavy (non-hydrogen) atoms. The van der Waals surface area contributed by atoms with Crippen LogP contribution in [0.25, 0.3) is 0 Å². The molecule has 0 amide bonds. The summed E-state index contributed by atoms with van der Waals surface area (Å²) in [5.74, 6) is 0.726. The van der Waals surface area contributed by atoms with E-state index in [9.17, 15) is 4.79 Å². The van der Waals surface area contributed by atoms with Gasteiger partial charge in [0.1, 0.15) is 12.9 Å². The number of likely N-dealkylation sites (tertiary alicyclic amines) is 1. The number of ether oxygens (including phenoxy) is 4. The Balaban J connectivity index is 2.22. The molecule has 3 atom stereocenters. The summed E-state index contributed by atoms with van der Waals surface area (Å²) in [5.41, 5.74) is 0. The highest BCUT2D eigenvalue weighted by atomic mass is 16.7. The maximum atomic E-state index is 11.3. The maximum Gasteiger partial charge on any atom is 0.302 e. The summed E-state index contributed by atoms with van der Waals surface area (Å²) < 4.78 is 21.1. The van der Waals surface area contributed by atoms with Gasteiger partial charge < -0.3 is 23.8 Å². The van der Waals surface area contributed by atoms with Crippen LogP contribution in [0.1, 0.15) is 33.1 Å². The quantitative estimate of drug-likeness (QED) is 0.327. The Morgan fingerprint density at radius 3 is 2.70 bits per heavy atom. The van der Waals surface area contributed by atoms with Crippen molar-refractivity contribution < 1.29 is 23.7 Å². The van der Waals surface area contributed by atoms with Gasteiger partial charge in [0.2, 0.25) is 0 Å². The average Bonchev–Trinajstić information content (AvgIpc) is 2.51. The Bertz CT molecular complexity index is 326. The molecule has 3 unspecified atom stereocenters. The van der Waals surface area contributed by atoms with Gasteiger partial charge in [0.15, 0.2) is 0 Å². The number of carbonyl (C=O) groups is 1. The predicted molar refractivity (Wildman–Crippen MR) is 88.2 cm³/mol. The Morgan fingerprint density at radius 1 is 1.26 bits per heavy atom. The summed E-state index contributed by atoms with van der Waals surface area (Å²) in [7, 11) is 3.78. The first-order valence-corrected chi connectivity index (χ1v) is 8.54. The molecule has 0 aromatic rings. The molecule has 1 aliphatic heterocycles. The van der Waals surface area contributed by atoms with Gasteiger partial charge in [-0.1, -0.05) is 6.92 Å². The molecule has 0 aliphatic carbocycles. The van der Waals surface area contributed by atoms with E-state index < -0.39 is 0 Å². The van der Waals surface area contributed by atoms with Crippen LogP contribution in [0.3, 0.4) is 0 Å². The monoisotopic (exact) mass is 331 g/mol. The Morgan fingerprint density at radius 2 is 2.00 bits per heavy atom. The SMILES string of the molecule is COCCOCOCCCC(C)C1CN(C)CCC1OC(C)=O. The van der Waals surface area contributed by atoms with Crippen molar-refractivity contribution >= 4 is 5.97 Å². The zero-order valence-electron chi connectivity index (χ0n) is 15.1. The molecule has 136 valence electrons. The average molecular weight is 331 g/mol. The van der Waals surface area contributed by atoms with Gasteiger partial charge in [0.05, 0.1) is 13.2 Å². The van der Waals surface area contributed by atoms with Gasteiger partial charge in [-0.05, 0) is 32.2 Å². The summed E-state index contributed by atoms with van der Waals surface area (Å²) in [5, 5.41) is 0. The molecular weight excluding hydrogens is 298 g/mol. The second-order valence-electron chi connectivity index (χ2n) is 6.41. The van der Waals surface area contributed by atoms with E-state index in [1.807, 2.05) is 0 Å². The van der Waals surface area contributed by atoms with Crippen LogP contribution in [-0.4, -0.2) is 70.8 Å². The molecule has 6 nitrogen and oxygen atoms in total. The summed E-state index contributed by atoms with van der Waals surface area (Å²) in [6, 6.07) is 0. The first-order chi connectivity index (χ1) is 11.0. The molecular formula is C17H33NO5. The van der Waals surface area contributed by atoms with Crippen molar-refractivity contribution in [3.05, 3.63) is 0 Å². The van der Waals surface area contributed by atoms with E-state index in [0.29, 0.717) is 38.4 Å². The number of methoxy groups -OCH3 is 1. The van der Waals surface area contributed by atoms with Crippen molar-refractivity contribution in [2.45, 2.75) is 39.2 Å². The molecule has 1 saturated heterocycles. The van der Waals surface area contributed by atoms with Crippen molar-refractivity contribution in [3.8, 4) is 0 Å². The van der Waals surface area contributed by atoms with Crippen molar-refractivity contribution in [1.29, 1.82) is 0 Å². The Hall–Kier alpha value is -0.690. The zero-order valence-corrected chi connectivity index (χ0v) is 15.1. The third-order valence-corrected chi connectivity index (χ3v) is 4.39. The number of hydrogen-bond acceptors (Lipinski definition) is 6. The summed E-state index contributed by atoms with van der Waals surface area (Å²) in [6.45, 7) is 7.88. The van der Waals surface area contributed by atoms with E-state index in [-0.39, 0.29) is 12.1 Å². The molecule has 0 aromatic carbocycles. The van der Waals surface area contributed by atoms with Crippen LogP contribution >= 0.6 is 0 Å². The number of piperidine rings is 1. The van der Waals surface area contributed by atoms with Crippen LogP contribution in [0.2, 0.25) is 0 Å². The molecule has 0 saturated carbocycles. The Labute approximate surface area is 140 Å². The van der Waals surface area contributed by atoms with Crippen LogP contribution < -0.4 is 0 Å². The number of carbonyl (C=O) groups excluding carboxylic acids is 1. The van der Waals surface area contributed by atoms with Crippen LogP contribution in [0.15, 0.2) is 0 Å².